The summed E-state index contributed by atoms with van der Waals surface area (Å²) >= 11 is 0. The first-order valence-electron chi connectivity index (χ1n) is 5.62. The molecule has 0 amide bonds. The predicted molar refractivity (Wildman–Crippen MR) is 69.1 cm³/mol. The highest BCUT2D eigenvalue weighted by molar-refractivity contribution is 7.90. The van der Waals surface area contributed by atoms with E-state index >= 15 is 0 Å². The van der Waals surface area contributed by atoms with Crippen molar-refractivity contribution in [3.05, 3.63) is 29.6 Å². The molecule has 1 aromatic carbocycles. The van der Waals surface area contributed by atoms with E-state index in [1.807, 2.05) is 6.92 Å². The second-order valence-corrected chi connectivity index (χ2v) is 6.27. The van der Waals surface area contributed by atoms with Crippen molar-refractivity contribution in [2.45, 2.75) is 13.0 Å². The summed E-state index contributed by atoms with van der Waals surface area (Å²) in [5, 5.41) is 3.03. The van der Waals surface area contributed by atoms with Gasteiger partial charge in [0.2, 0.25) is 0 Å². The maximum Gasteiger partial charge on any atom is 0.149 e. The maximum absolute atomic E-state index is 13.3. The Hall–Kier alpha value is -1.14. The highest BCUT2D eigenvalue weighted by Crippen LogP contribution is 2.27. The third kappa shape index (κ3) is 4.27. The zero-order valence-electron chi connectivity index (χ0n) is 10.7. The van der Waals surface area contributed by atoms with E-state index in [0.29, 0.717) is 17.9 Å². The first-order chi connectivity index (χ1) is 8.37. The Kier molecular flexibility index (Phi) is 5.10. The monoisotopic (exact) mass is 275 g/mol. The summed E-state index contributed by atoms with van der Waals surface area (Å²) in [6.07, 6.45) is 1.16. The zero-order chi connectivity index (χ0) is 13.8. The lowest BCUT2D eigenvalue weighted by Crippen LogP contribution is -2.28. The van der Waals surface area contributed by atoms with E-state index in [1.165, 1.54) is 25.3 Å². The molecule has 1 unspecified atom stereocenters. The minimum Gasteiger partial charge on any atom is -0.496 e. The first-order valence-corrected chi connectivity index (χ1v) is 7.68. The van der Waals surface area contributed by atoms with Crippen LogP contribution in [0.15, 0.2) is 18.2 Å². The quantitative estimate of drug-likeness (QED) is 0.855. The Morgan fingerprint density at radius 3 is 2.61 bits per heavy atom. The maximum atomic E-state index is 13.3. The minimum atomic E-state index is -3.17. The smallest absolute Gasteiger partial charge is 0.149 e. The van der Waals surface area contributed by atoms with Gasteiger partial charge < -0.3 is 10.1 Å². The van der Waals surface area contributed by atoms with Gasteiger partial charge in [-0.3, -0.25) is 0 Å². The summed E-state index contributed by atoms with van der Waals surface area (Å²) in [4.78, 5) is 0. The molecule has 0 heterocycles. The van der Waals surface area contributed by atoms with Gasteiger partial charge in [0.25, 0.3) is 0 Å². The van der Waals surface area contributed by atoms with Crippen LogP contribution in [0.1, 0.15) is 18.5 Å². The topological polar surface area (TPSA) is 55.4 Å². The average Bonchev–Trinajstić information content (AvgIpc) is 2.26. The van der Waals surface area contributed by atoms with Crippen molar-refractivity contribution in [2.75, 3.05) is 25.7 Å². The van der Waals surface area contributed by atoms with Crippen molar-refractivity contribution in [3.8, 4) is 5.75 Å². The summed E-state index contributed by atoms with van der Waals surface area (Å²) < 4.78 is 41.2. The summed E-state index contributed by atoms with van der Waals surface area (Å²) in [5.74, 6) is -0.0334. The van der Waals surface area contributed by atoms with E-state index < -0.39 is 21.7 Å². The van der Waals surface area contributed by atoms with Gasteiger partial charge in [-0.2, -0.15) is 0 Å². The largest absolute Gasteiger partial charge is 0.496 e. The molecule has 1 rings (SSSR count). The number of methoxy groups -OCH3 is 1. The number of halogens is 1. The molecule has 18 heavy (non-hydrogen) atoms. The predicted octanol–water partition coefficient (Wildman–Crippen LogP) is 1.53. The standard InChI is InChI=1S/C12H18FNO3S/c1-4-14-11(8-18(3,15)16)10-7-9(13)5-6-12(10)17-2/h5-7,11,14H,4,8H2,1-3H3. The van der Waals surface area contributed by atoms with Crippen molar-refractivity contribution >= 4 is 9.84 Å². The van der Waals surface area contributed by atoms with Gasteiger partial charge in [-0.05, 0) is 24.7 Å². The SMILES string of the molecule is CCNC(CS(C)(=O)=O)c1cc(F)ccc1OC. The highest BCUT2D eigenvalue weighted by atomic mass is 32.2. The molecular formula is C12H18FNO3S. The van der Waals surface area contributed by atoms with Crippen LogP contribution in [0.4, 0.5) is 4.39 Å². The molecule has 6 heteroatoms. The second-order valence-electron chi connectivity index (χ2n) is 4.09. The second kappa shape index (κ2) is 6.15. The lowest BCUT2D eigenvalue weighted by molar-refractivity contribution is 0.400. The normalized spacial score (nSPS) is 13.3. The van der Waals surface area contributed by atoms with Gasteiger partial charge >= 0.3 is 0 Å². The van der Waals surface area contributed by atoms with Gasteiger partial charge in [0.15, 0.2) is 0 Å². The molecule has 0 saturated heterocycles. The van der Waals surface area contributed by atoms with E-state index in [2.05, 4.69) is 5.32 Å². The van der Waals surface area contributed by atoms with Crippen molar-refractivity contribution in [1.82, 2.24) is 5.32 Å². The molecule has 0 radical (unpaired) electrons. The number of hydrogen-bond acceptors (Lipinski definition) is 4. The molecule has 4 nitrogen and oxygen atoms in total. The fourth-order valence-corrected chi connectivity index (χ4v) is 2.69. The summed E-state index contributed by atoms with van der Waals surface area (Å²) in [7, 11) is -1.70. The molecule has 0 saturated carbocycles. The molecule has 1 atom stereocenters. The molecule has 0 fully saturated rings. The van der Waals surface area contributed by atoms with Crippen LogP contribution in [0.5, 0.6) is 5.75 Å². The summed E-state index contributed by atoms with van der Waals surface area (Å²) in [6.45, 7) is 2.45. The van der Waals surface area contributed by atoms with E-state index in [1.54, 1.807) is 0 Å². The Bertz CT molecular complexity index is 502. The number of sulfone groups is 1. The molecule has 0 aromatic heterocycles. The molecule has 0 spiro atoms. The van der Waals surface area contributed by atoms with Crippen LogP contribution >= 0.6 is 0 Å². The third-order valence-electron chi connectivity index (χ3n) is 2.49. The van der Waals surface area contributed by atoms with Crippen LogP contribution in [0, 0.1) is 5.82 Å². The molecule has 1 aromatic rings. The van der Waals surface area contributed by atoms with E-state index in [4.69, 9.17) is 4.74 Å². The molecule has 0 aliphatic heterocycles. The Morgan fingerprint density at radius 1 is 1.44 bits per heavy atom. The van der Waals surface area contributed by atoms with Crippen LogP contribution in [-0.2, 0) is 9.84 Å². The molecule has 1 N–H and O–H groups in total. The van der Waals surface area contributed by atoms with Crippen LogP contribution in [-0.4, -0.2) is 34.1 Å². The Labute approximate surface area is 107 Å². The van der Waals surface area contributed by atoms with Gasteiger partial charge in [-0.15, -0.1) is 0 Å². The number of benzene rings is 1. The average molecular weight is 275 g/mol. The van der Waals surface area contributed by atoms with Gasteiger partial charge in [0.05, 0.1) is 12.9 Å². The van der Waals surface area contributed by atoms with Crippen molar-refractivity contribution in [1.29, 1.82) is 0 Å². The van der Waals surface area contributed by atoms with E-state index in [0.717, 1.165) is 6.26 Å². The Morgan fingerprint density at radius 2 is 2.11 bits per heavy atom. The zero-order valence-corrected chi connectivity index (χ0v) is 11.6. The number of hydrogen-bond donors (Lipinski definition) is 1. The van der Waals surface area contributed by atoms with E-state index in [9.17, 15) is 12.8 Å². The van der Waals surface area contributed by atoms with Gasteiger partial charge in [0, 0.05) is 17.9 Å². The minimum absolute atomic E-state index is 0.0966. The van der Waals surface area contributed by atoms with E-state index in [-0.39, 0.29) is 5.75 Å². The third-order valence-corrected chi connectivity index (χ3v) is 3.43. The number of rotatable bonds is 6. The van der Waals surface area contributed by atoms with Crippen molar-refractivity contribution in [3.63, 3.8) is 0 Å². The molecular weight excluding hydrogens is 257 g/mol. The summed E-state index contributed by atoms with van der Waals surface area (Å²) in [6, 6.07) is 3.61. The molecule has 0 aliphatic rings. The molecule has 0 aliphatic carbocycles. The van der Waals surface area contributed by atoms with Gasteiger partial charge in [-0.1, -0.05) is 6.92 Å². The van der Waals surface area contributed by atoms with Crippen molar-refractivity contribution in [2.24, 2.45) is 0 Å². The summed E-state index contributed by atoms with van der Waals surface area (Å²) in [5.41, 5.74) is 0.518. The first kappa shape index (κ1) is 14.9. The van der Waals surface area contributed by atoms with Crippen LogP contribution < -0.4 is 10.1 Å². The lowest BCUT2D eigenvalue weighted by atomic mass is 10.1. The molecule has 0 bridgehead atoms. The Balaban J connectivity index is 3.15. The number of nitrogens with one attached hydrogen (secondary N) is 1. The van der Waals surface area contributed by atoms with Crippen LogP contribution in [0.25, 0.3) is 0 Å². The van der Waals surface area contributed by atoms with Crippen molar-refractivity contribution < 1.29 is 17.5 Å². The van der Waals surface area contributed by atoms with Gasteiger partial charge in [-0.25, -0.2) is 12.8 Å². The number of ether oxygens (including phenoxy) is 1. The lowest BCUT2D eigenvalue weighted by Gasteiger charge is -2.20. The fraction of sp³-hybridized carbons (Fsp3) is 0.500. The molecule has 102 valence electrons. The fourth-order valence-electron chi connectivity index (χ4n) is 1.79. The van der Waals surface area contributed by atoms with Gasteiger partial charge in [0.1, 0.15) is 21.4 Å². The van der Waals surface area contributed by atoms with Crippen LogP contribution in [0.3, 0.4) is 0 Å². The van der Waals surface area contributed by atoms with Crippen LogP contribution in [0.2, 0.25) is 0 Å². The highest BCUT2D eigenvalue weighted by Gasteiger charge is 2.20.